The van der Waals surface area contributed by atoms with E-state index < -0.39 is 29.3 Å². The lowest BCUT2D eigenvalue weighted by Gasteiger charge is -2.23. The van der Waals surface area contributed by atoms with Gasteiger partial charge in [0.2, 0.25) is 5.78 Å². The van der Waals surface area contributed by atoms with E-state index in [1.54, 1.807) is 12.1 Å². The lowest BCUT2D eigenvalue weighted by Crippen LogP contribution is -2.56. The maximum absolute atomic E-state index is 12.5. The monoisotopic (exact) mass is 328 g/mol. The molecule has 0 unspecified atom stereocenters. The summed E-state index contributed by atoms with van der Waals surface area (Å²) < 4.78 is 4.68. The SMILES string of the molecule is O=C(OC(C(=O)O)(C(=O)O)C(=O)c1ccccc1)c1ccccc1. The zero-order valence-electron chi connectivity index (χ0n) is 12.2. The molecule has 24 heavy (non-hydrogen) atoms. The van der Waals surface area contributed by atoms with Crippen molar-refractivity contribution < 1.29 is 34.1 Å². The van der Waals surface area contributed by atoms with Crippen LogP contribution >= 0.6 is 0 Å². The summed E-state index contributed by atoms with van der Waals surface area (Å²) in [7, 11) is 0. The molecule has 7 nitrogen and oxygen atoms in total. The molecule has 0 aliphatic rings. The van der Waals surface area contributed by atoms with Crippen molar-refractivity contribution in [3.63, 3.8) is 0 Å². The van der Waals surface area contributed by atoms with Crippen molar-refractivity contribution in [1.82, 2.24) is 0 Å². The molecule has 0 radical (unpaired) electrons. The molecule has 0 saturated carbocycles. The van der Waals surface area contributed by atoms with E-state index in [0.29, 0.717) is 0 Å². The molecule has 0 saturated heterocycles. The van der Waals surface area contributed by atoms with Crippen LogP contribution in [0, 0.1) is 0 Å². The predicted molar refractivity (Wildman–Crippen MR) is 80.6 cm³/mol. The number of esters is 1. The van der Waals surface area contributed by atoms with Crippen LogP contribution in [0.2, 0.25) is 0 Å². The molecule has 0 heterocycles. The third-order valence-electron chi connectivity index (χ3n) is 3.21. The Bertz CT molecular complexity index is 767. The Kier molecular flexibility index (Phi) is 4.74. The third kappa shape index (κ3) is 3.00. The molecule has 2 rings (SSSR count). The molecule has 0 aromatic heterocycles. The van der Waals surface area contributed by atoms with E-state index in [4.69, 9.17) is 0 Å². The van der Waals surface area contributed by atoms with E-state index in [2.05, 4.69) is 4.74 Å². The molecule has 2 aromatic carbocycles. The zero-order chi connectivity index (χ0) is 17.7. The normalized spacial score (nSPS) is 10.7. The summed E-state index contributed by atoms with van der Waals surface area (Å²) in [6.07, 6.45) is 0. The molecule has 2 aromatic rings. The Balaban J connectivity index is 2.48. The number of Topliss-reactive ketones (excluding diaryl/α,β-unsaturated/α-hetero) is 1. The molecule has 0 bridgehead atoms. The van der Waals surface area contributed by atoms with Gasteiger partial charge in [-0.1, -0.05) is 48.5 Å². The van der Waals surface area contributed by atoms with Crippen LogP contribution in [-0.2, 0) is 14.3 Å². The van der Waals surface area contributed by atoms with Crippen LogP contribution in [0.5, 0.6) is 0 Å². The molecule has 0 spiro atoms. The first kappa shape index (κ1) is 16.9. The van der Waals surface area contributed by atoms with Gasteiger partial charge in [0.15, 0.2) is 0 Å². The number of ketones is 1. The van der Waals surface area contributed by atoms with Gasteiger partial charge in [0.1, 0.15) is 0 Å². The molecular formula is C17H12O7. The standard InChI is InChI=1S/C17H12O7/c18-13(11-7-3-1-4-8-11)17(15(20)21,16(22)23)24-14(19)12-9-5-2-6-10-12/h1-10H,(H,20,21)(H,22,23). The van der Waals surface area contributed by atoms with Gasteiger partial charge < -0.3 is 14.9 Å². The lowest BCUT2D eigenvalue weighted by molar-refractivity contribution is -0.170. The fourth-order valence-corrected chi connectivity index (χ4v) is 1.98. The summed E-state index contributed by atoms with van der Waals surface area (Å²) in [5.41, 5.74) is -3.65. The second kappa shape index (κ2) is 6.74. The summed E-state index contributed by atoms with van der Waals surface area (Å²) in [5, 5.41) is 18.7. The van der Waals surface area contributed by atoms with Gasteiger partial charge in [0.25, 0.3) is 0 Å². The molecule has 2 N–H and O–H groups in total. The lowest BCUT2D eigenvalue weighted by atomic mass is 9.92. The van der Waals surface area contributed by atoms with Crippen LogP contribution in [-0.4, -0.2) is 39.5 Å². The molecule has 122 valence electrons. The summed E-state index contributed by atoms with van der Waals surface area (Å²) in [6, 6.07) is 14.1. The summed E-state index contributed by atoms with van der Waals surface area (Å²) in [4.78, 5) is 47.7. The van der Waals surface area contributed by atoms with E-state index in [1.807, 2.05) is 0 Å². The van der Waals surface area contributed by atoms with Crippen molar-refractivity contribution in [3.8, 4) is 0 Å². The second-order valence-corrected chi connectivity index (χ2v) is 4.74. The van der Waals surface area contributed by atoms with Gasteiger partial charge in [-0.05, 0) is 12.1 Å². The molecule has 0 aliphatic carbocycles. The minimum Gasteiger partial charge on any atom is -0.477 e. The van der Waals surface area contributed by atoms with Crippen LogP contribution in [0.1, 0.15) is 20.7 Å². The Morgan fingerprint density at radius 1 is 0.708 bits per heavy atom. The van der Waals surface area contributed by atoms with Gasteiger partial charge in [-0.3, -0.25) is 4.79 Å². The van der Waals surface area contributed by atoms with Crippen LogP contribution in [0.3, 0.4) is 0 Å². The van der Waals surface area contributed by atoms with Crippen molar-refractivity contribution in [1.29, 1.82) is 0 Å². The van der Waals surface area contributed by atoms with Crippen molar-refractivity contribution >= 4 is 23.7 Å². The Morgan fingerprint density at radius 3 is 1.54 bits per heavy atom. The van der Waals surface area contributed by atoms with Crippen molar-refractivity contribution in [3.05, 3.63) is 71.8 Å². The van der Waals surface area contributed by atoms with Crippen molar-refractivity contribution in [2.45, 2.75) is 5.60 Å². The van der Waals surface area contributed by atoms with Crippen LogP contribution < -0.4 is 0 Å². The maximum Gasteiger partial charge on any atom is 0.368 e. The average Bonchev–Trinajstić information content (AvgIpc) is 2.59. The summed E-state index contributed by atoms with van der Waals surface area (Å²) in [6.45, 7) is 0. The van der Waals surface area contributed by atoms with Crippen LogP contribution in [0.25, 0.3) is 0 Å². The number of carboxylic acids is 2. The quantitative estimate of drug-likeness (QED) is 0.470. The minimum atomic E-state index is -3.37. The fourth-order valence-electron chi connectivity index (χ4n) is 1.98. The van der Waals surface area contributed by atoms with E-state index in [9.17, 15) is 29.4 Å². The highest BCUT2D eigenvalue weighted by Crippen LogP contribution is 2.22. The van der Waals surface area contributed by atoms with Crippen LogP contribution in [0.15, 0.2) is 60.7 Å². The van der Waals surface area contributed by atoms with Gasteiger partial charge in [-0.15, -0.1) is 0 Å². The third-order valence-corrected chi connectivity index (χ3v) is 3.21. The Labute approximate surface area is 136 Å². The Hall–Kier alpha value is -3.48. The fraction of sp³-hybridized carbons (Fsp3) is 0.0588. The summed E-state index contributed by atoms with van der Waals surface area (Å²) in [5.74, 6) is -6.77. The first-order chi connectivity index (χ1) is 11.4. The van der Waals surface area contributed by atoms with Crippen LogP contribution in [0.4, 0.5) is 0 Å². The average molecular weight is 328 g/mol. The van der Waals surface area contributed by atoms with E-state index in [0.717, 1.165) is 0 Å². The van der Waals surface area contributed by atoms with Crippen molar-refractivity contribution in [2.75, 3.05) is 0 Å². The highest BCUT2D eigenvalue weighted by molar-refractivity contribution is 6.29. The topological polar surface area (TPSA) is 118 Å². The molecule has 0 aliphatic heterocycles. The highest BCUT2D eigenvalue weighted by Gasteiger charge is 2.58. The van der Waals surface area contributed by atoms with E-state index in [1.165, 1.54) is 48.5 Å². The second-order valence-electron chi connectivity index (χ2n) is 4.74. The molecule has 0 amide bonds. The van der Waals surface area contributed by atoms with Gasteiger partial charge in [-0.2, -0.15) is 0 Å². The number of ether oxygens (including phenoxy) is 1. The first-order valence-corrected chi connectivity index (χ1v) is 6.74. The number of carbonyl (C=O) groups excluding carboxylic acids is 2. The van der Waals surface area contributed by atoms with Gasteiger partial charge in [-0.25, -0.2) is 14.4 Å². The number of benzene rings is 2. The van der Waals surface area contributed by atoms with Gasteiger partial charge in [0, 0.05) is 5.56 Å². The zero-order valence-corrected chi connectivity index (χ0v) is 12.2. The number of hydrogen-bond acceptors (Lipinski definition) is 5. The molecular weight excluding hydrogens is 316 g/mol. The molecule has 0 atom stereocenters. The minimum absolute atomic E-state index is 0.0785. The van der Waals surface area contributed by atoms with E-state index in [-0.39, 0.29) is 11.1 Å². The number of rotatable bonds is 6. The van der Waals surface area contributed by atoms with E-state index >= 15 is 0 Å². The summed E-state index contributed by atoms with van der Waals surface area (Å²) >= 11 is 0. The predicted octanol–water partition coefficient (Wildman–Crippen LogP) is 1.63. The number of carboxylic acid groups (broad SMARTS) is 2. The van der Waals surface area contributed by atoms with Crippen molar-refractivity contribution in [2.24, 2.45) is 0 Å². The van der Waals surface area contributed by atoms with Gasteiger partial charge >= 0.3 is 23.5 Å². The highest BCUT2D eigenvalue weighted by atomic mass is 16.6. The molecule has 7 heteroatoms. The smallest absolute Gasteiger partial charge is 0.368 e. The molecule has 0 fully saturated rings. The maximum atomic E-state index is 12.5. The largest absolute Gasteiger partial charge is 0.477 e. The number of aliphatic carboxylic acids is 2. The Morgan fingerprint density at radius 2 is 1.12 bits per heavy atom. The first-order valence-electron chi connectivity index (χ1n) is 6.74. The van der Waals surface area contributed by atoms with Gasteiger partial charge in [0.05, 0.1) is 5.56 Å². The number of hydrogen-bond donors (Lipinski definition) is 2. The number of carbonyl (C=O) groups is 4.